The van der Waals surface area contributed by atoms with Crippen molar-refractivity contribution in [2.45, 2.75) is 25.3 Å². The van der Waals surface area contributed by atoms with E-state index in [-0.39, 0.29) is 24.3 Å². The number of alkyl halides is 3. The fourth-order valence-corrected chi connectivity index (χ4v) is 2.58. The lowest BCUT2D eigenvalue weighted by molar-refractivity contribution is -0.138. The van der Waals surface area contributed by atoms with Crippen molar-refractivity contribution in [2.75, 3.05) is 6.61 Å². The lowest BCUT2D eigenvalue weighted by Crippen LogP contribution is -2.28. The first-order valence-corrected chi connectivity index (χ1v) is 7.96. The van der Waals surface area contributed by atoms with Gasteiger partial charge in [0, 0.05) is 24.6 Å². The third-order valence-corrected chi connectivity index (χ3v) is 3.87. The Balaban J connectivity index is 1.70. The first-order valence-electron chi connectivity index (χ1n) is 7.96. The average Bonchev–Trinajstić information content (AvgIpc) is 2.64. The number of halogens is 3. The van der Waals surface area contributed by atoms with Crippen LogP contribution in [0.1, 0.15) is 39.3 Å². The molecule has 142 valence electrons. The first kappa shape index (κ1) is 18.8. The van der Waals surface area contributed by atoms with Gasteiger partial charge in [0.25, 0.3) is 0 Å². The number of pyridine rings is 1. The molecular weight excluding hydrogens is 367 g/mol. The molecule has 6 nitrogen and oxygen atoms in total. The molecule has 0 spiro atoms. The molecule has 1 unspecified atom stereocenters. The van der Waals surface area contributed by atoms with Crippen LogP contribution in [-0.4, -0.2) is 34.6 Å². The second-order valence-electron chi connectivity index (χ2n) is 5.79. The van der Waals surface area contributed by atoms with Crippen LogP contribution in [0.3, 0.4) is 0 Å². The molecule has 3 rings (SSSR count). The summed E-state index contributed by atoms with van der Waals surface area (Å²) in [6, 6.07) is 6.15. The van der Waals surface area contributed by atoms with Gasteiger partial charge in [-0.05, 0) is 30.3 Å². The van der Waals surface area contributed by atoms with Crippen LogP contribution >= 0.6 is 0 Å². The fourth-order valence-electron chi connectivity index (χ4n) is 2.58. The van der Waals surface area contributed by atoms with E-state index in [1.807, 2.05) is 0 Å². The second kappa shape index (κ2) is 7.36. The summed E-state index contributed by atoms with van der Waals surface area (Å²) < 4.78 is 49.2. The predicted octanol–water partition coefficient (Wildman–Crippen LogP) is 3.04. The number of rotatable bonds is 5. The number of aliphatic hydroxyl groups is 1. The normalized spacial score (nSPS) is 16.1. The highest BCUT2D eigenvalue weighted by Crippen LogP contribution is 2.33. The smallest absolute Gasteiger partial charge is 0.418 e. The molecular formula is C18H14F3NO5. The summed E-state index contributed by atoms with van der Waals surface area (Å²) in [5, 5.41) is 9.40. The van der Waals surface area contributed by atoms with Crippen LogP contribution < -0.4 is 9.47 Å². The Kier molecular flexibility index (Phi) is 5.13. The van der Waals surface area contributed by atoms with Crippen LogP contribution in [-0.2, 0) is 6.18 Å². The molecule has 1 N–H and O–H groups in total. The van der Waals surface area contributed by atoms with Crippen LogP contribution in [0.5, 0.6) is 11.5 Å². The summed E-state index contributed by atoms with van der Waals surface area (Å²) in [4.78, 5) is 27.9. The summed E-state index contributed by atoms with van der Waals surface area (Å²) in [5.74, 6) is -0.796. The van der Waals surface area contributed by atoms with Crippen LogP contribution in [0.4, 0.5) is 13.2 Å². The van der Waals surface area contributed by atoms with Gasteiger partial charge in [-0.15, -0.1) is 0 Å². The third kappa shape index (κ3) is 4.25. The van der Waals surface area contributed by atoms with Gasteiger partial charge in [0.15, 0.2) is 29.7 Å². The number of carbonyl (C=O) groups is 2. The van der Waals surface area contributed by atoms with Gasteiger partial charge in [0.2, 0.25) is 6.29 Å². The van der Waals surface area contributed by atoms with Crippen molar-refractivity contribution >= 4 is 11.6 Å². The van der Waals surface area contributed by atoms with Gasteiger partial charge in [-0.1, -0.05) is 0 Å². The largest absolute Gasteiger partial charge is 0.483 e. The molecule has 9 heteroatoms. The molecule has 0 saturated carbocycles. The Hall–Kier alpha value is -2.94. The number of Topliss-reactive ketones (excluding diaryl/α,β-unsaturated/α-hetero) is 2. The van der Waals surface area contributed by atoms with E-state index in [1.54, 1.807) is 0 Å². The number of hydrogen-bond acceptors (Lipinski definition) is 6. The molecule has 1 aromatic carbocycles. The standard InChI is InChI=1S/C18H14F3NO5/c19-18(20,21)11-2-1-7-22-17(11)13(24)5-4-12(23)10-3-6-14-15(8-10)27-16(25)9-26-14/h1-3,6-8,16,25H,4-5,9H2. The molecule has 0 saturated heterocycles. The van der Waals surface area contributed by atoms with Crippen molar-refractivity contribution in [3.05, 3.63) is 53.3 Å². The van der Waals surface area contributed by atoms with Crippen LogP contribution in [0.2, 0.25) is 0 Å². The number of carbonyl (C=O) groups excluding carboxylic acids is 2. The second-order valence-corrected chi connectivity index (χ2v) is 5.79. The molecule has 0 radical (unpaired) electrons. The highest BCUT2D eigenvalue weighted by molar-refractivity contribution is 6.02. The van der Waals surface area contributed by atoms with Crippen molar-refractivity contribution in [1.82, 2.24) is 4.98 Å². The summed E-state index contributed by atoms with van der Waals surface area (Å²) in [7, 11) is 0. The predicted molar refractivity (Wildman–Crippen MR) is 85.7 cm³/mol. The van der Waals surface area contributed by atoms with Crippen LogP contribution in [0, 0.1) is 0 Å². The van der Waals surface area contributed by atoms with Crippen molar-refractivity contribution in [1.29, 1.82) is 0 Å². The van der Waals surface area contributed by atoms with Crippen molar-refractivity contribution < 1.29 is 37.3 Å². The van der Waals surface area contributed by atoms with Gasteiger partial charge in [0.05, 0.1) is 5.56 Å². The fraction of sp³-hybridized carbons (Fsp3) is 0.278. The monoisotopic (exact) mass is 381 g/mol. The molecule has 1 aliphatic heterocycles. The minimum Gasteiger partial charge on any atom is -0.483 e. The van der Waals surface area contributed by atoms with E-state index >= 15 is 0 Å². The van der Waals surface area contributed by atoms with E-state index in [0.717, 1.165) is 18.3 Å². The summed E-state index contributed by atoms with van der Waals surface area (Å²) >= 11 is 0. The maximum absolute atomic E-state index is 13.0. The molecule has 2 heterocycles. The van der Waals surface area contributed by atoms with E-state index in [1.165, 1.54) is 18.2 Å². The number of aromatic nitrogens is 1. The van der Waals surface area contributed by atoms with Crippen molar-refractivity contribution in [3.8, 4) is 11.5 Å². The van der Waals surface area contributed by atoms with Gasteiger partial charge >= 0.3 is 6.18 Å². The highest BCUT2D eigenvalue weighted by Gasteiger charge is 2.35. The minimum atomic E-state index is -4.71. The number of ether oxygens (including phenoxy) is 2. The molecule has 0 fully saturated rings. The number of hydrogen-bond donors (Lipinski definition) is 1. The van der Waals surface area contributed by atoms with Gasteiger partial charge < -0.3 is 14.6 Å². The van der Waals surface area contributed by atoms with Gasteiger partial charge in [-0.2, -0.15) is 13.2 Å². The number of nitrogens with zero attached hydrogens (tertiary/aromatic N) is 1. The molecule has 1 aromatic heterocycles. The van der Waals surface area contributed by atoms with Gasteiger partial charge in [0.1, 0.15) is 5.69 Å². The quantitative estimate of drug-likeness (QED) is 0.802. The van der Waals surface area contributed by atoms with Crippen molar-refractivity contribution in [2.24, 2.45) is 0 Å². The van der Waals surface area contributed by atoms with Crippen molar-refractivity contribution in [3.63, 3.8) is 0 Å². The SMILES string of the molecule is O=C(CCC(=O)c1ncccc1C(F)(F)F)c1ccc2c(c1)OC(O)CO2. The molecule has 1 atom stereocenters. The molecule has 0 bridgehead atoms. The van der Waals surface area contributed by atoms with E-state index in [2.05, 4.69) is 4.98 Å². The average molecular weight is 381 g/mol. The Morgan fingerprint density at radius 3 is 2.63 bits per heavy atom. The van der Waals surface area contributed by atoms with E-state index in [9.17, 15) is 27.9 Å². The van der Waals surface area contributed by atoms with Gasteiger partial charge in [-0.3, -0.25) is 14.6 Å². The van der Waals surface area contributed by atoms with Crippen LogP contribution in [0.15, 0.2) is 36.5 Å². The Morgan fingerprint density at radius 2 is 1.89 bits per heavy atom. The summed E-state index contributed by atoms with van der Waals surface area (Å²) in [6.07, 6.45) is -5.49. The zero-order valence-corrected chi connectivity index (χ0v) is 13.8. The number of ketones is 2. The number of aliphatic hydroxyl groups excluding tert-OH is 1. The van der Waals surface area contributed by atoms with Gasteiger partial charge in [-0.25, -0.2) is 0 Å². The topological polar surface area (TPSA) is 85.7 Å². The molecule has 27 heavy (non-hydrogen) atoms. The number of benzene rings is 1. The minimum absolute atomic E-state index is 0.0413. The van der Waals surface area contributed by atoms with Crippen LogP contribution in [0.25, 0.3) is 0 Å². The zero-order valence-electron chi connectivity index (χ0n) is 13.8. The maximum Gasteiger partial charge on any atom is 0.418 e. The lowest BCUT2D eigenvalue weighted by atomic mass is 10.0. The lowest BCUT2D eigenvalue weighted by Gasteiger charge is -2.23. The number of fused-ring (bicyclic) bond motifs is 1. The molecule has 0 amide bonds. The first-order chi connectivity index (χ1) is 12.8. The maximum atomic E-state index is 13.0. The molecule has 2 aromatic rings. The zero-order chi connectivity index (χ0) is 19.6. The summed E-state index contributed by atoms with van der Waals surface area (Å²) in [5.41, 5.74) is -1.64. The Bertz CT molecular complexity index is 882. The van der Waals surface area contributed by atoms with E-state index in [4.69, 9.17) is 9.47 Å². The molecule has 1 aliphatic rings. The Labute approximate surface area is 151 Å². The summed E-state index contributed by atoms with van der Waals surface area (Å²) in [6.45, 7) is -0.0413. The van der Waals surface area contributed by atoms with E-state index in [0.29, 0.717) is 5.75 Å². The molecule has 0 aliphatic carbocycles. The highest BCUT2D eigenvalue weighted by atomic mass is 19.4. The Morgan fingerprint density at radius 1 is 1.15 bits per heavy atom. The van der Waals surface area contributed by atoms with E-state index < -0.39 is 41.7 Å². The third-order valence-electron chi connectivity index (χ3n) is 3.87.